The zero-order valence-electron chi connectivity index (χ0n) is 9.01. The monoisotopic (exact) mass is 232 g/mol. The molecule has 0 bridgehead atoms. The minimum atomic E-state index is -0.856. The van der Waals surface area contributed by atoms with Crippen molar-refractivity contribution in [2.24, 2.45) is 11.5 Å². The van der Waals surface area contributed by atoms with Crippen molar-refractivity contribution in [1.82, 2.24) is 9.97 Å². The van der Waals surface area contributed by atoms with E-state index in [1.165, 1.54) is 0 Å². The van der Waals surface area contributed by atoms with Gasteiger partial charge in [-0.25, -0.2) is 0 Å². The molecule has 0 aromatic carbocycles. The highest BCUT2D eigenvalue weighted by atomic mass is 16.1. The lowest BCUT2D eigenvalue weighted by Gasteiger charge is -2.07. The van der Waals surface area contributed by atoms with E-state index in [9.17, 15) is 9.59 Å². The lowest BCUT2D eigenvalue weighted by Crippen LogP contribution is -2.39. The maximum absolute atomic E-state index is 11.7. The number of H-pyrrole nitrogens is 1. The molecular formula is C11H12N4O2. The molecular weight excluding hydrogens is 220 g/mol. The van der Waals surface area contributed by atoms with Crippen LogP contribution in [0.4, 0.5) is 0 Å². The van der Waals surface area contributed by atoms with Gasteiger partial charge >= 0.3 is 0 Å². The van der Waals surface area contributed by atoms with Gasteiger partial charge in [0.2, 0.25) is 5.91 Å². The Bertz CT molecular complexity index is 620. The quantitative estimate of drug-likeness (QED) is 0.647. The molecule has 6 heteroatoms. The van der Waals surface area contributed by atoms with Crippen molar-refractivity contribution >= 4 is 16.8 Å². The molecule has 2 heterocycles. The van der Waals surface area contributed by atoms with E-state index in [1.807, 2.05) is 0 Å². The molecule has 17 heavy (non-hydrogen) atoms. The van der Waals surface area contributed by atoms with Gasteiger partial charge in [-0.3, -0.25) is 14.6 Å². The van der Waals surface area contributed by atoms with E-state index in [2.05, 4.69) is 9.97 Å². The van der Waals surface area contributed by atoms with E-state index < -0.39 is 11.9 Å². The number of amides is 1. The molecule has 1 amide bonds. The summed E-state index contributed by atoms with van der Waals surface area (Å²) >= 11 is 0. The van der Waals surface area contributed by atoms with E-state index in [4.69, 9.17) is 11.5 Å². The third kappa shape index (κ3) is 2.31. The number of carbonyl (C=O) groups excluding carboxylic acids is 1. The van der Waals surface area contributed by atoms with Gasteiger partial charge in [-0.05, 0) is 12.1 Å². The molecule has 5 N–H and O–H groups in total. The van der Waals surface area contributed by atoms with Crippen LogP contribution in [0.3, 0.4) is 0 Å². The number of primary amides is 1. The Kier molecular flexibility index (Phi) is 2.88. The molecule has 0 aliphatic carbocycles. The summed E-state index contributed by atoms with van der Waals surface area (Å²) in [5.41, 5.74) is 11.4. The van der Waals surface area contributed by atoms with Crippen LogP contribution < -0.4 is 17.0 Å². The standard InChI is InChI=1S/C11H12N4O2/c12-8(10(13)16)4-6-3-7-5-14-2-1-9(7)15-11(6)17/h1-3,5,8H,4,12H2,(H2,13,16)(H,15,17)/t8-/m0/s1. The highest BCUT2D eigenvalue weighted by Gasteiger charge is 2.13. The second-order valence-corrected chi connectivity index (χ2v) is 3.80. The molecule has 2 aromatic heterocycles. The second-order valence-electron chi connectivity index (χ2n) is 3.80. The van der Waals surface area contributed by atoms with Gasteiger partial charge in [0.25, 0.3) is 5.56 Å². The van der Waals surface area contributed by atoms with Crippen molar-refractivity contribution in [2.45, 2.75) is 12.5 Å². The van der Waals surface area contributed by atoms with Gasteiger partial charge in [0.1, 0.15) is 0 Å². The molecule has 0 fully saturated rings. The molecule has 0 radical (unpaired) electrons. The number of rotatable bonds is 3. The van der Waals surface area contributed by atoms with Crippen LogP contribution >= 0.6 is 0 Å². The number of carbonyl (C=O) groups is 1. The molecule has 88 valence electrons. The van der Waals surface area contributed by atoms with Crippen molar-refractivity contribution in [3.05, 3.63) is 40.4 Å². The van der Waals surface area contributed by atoms with Crippen molar-refractivity contribution in [3.8, 4) is 0 Å². The fourth-order valence-corrected chi connectivity index (χ4v) is 1.58. The van der Waals surface area contributed by atoms with Crippen LogP contribution in [0, 0.1) is 0 Å². The number of aromatic amines is 1. The summed E-state index contributed by atoms with van der Waals surface area (Å²) in [4.78, 5) is 29.2. The molecule has 0 spiro atoms. The number of nitrogens with one attached hydrogen (secondary N) is 1. The van der Waals surface area contributed by atoms with Crippen LogP contribution in [0.2, 0.25) is 0 Å². The summed E-state index contributed by atoms with van der Waals surface area (Å²) in [7, 11) is 0. The number of nitrogens with two attached hydrogens (primary N) is 2. The van der Waals surface area contributed by atoms with Crippen LogP contribution in [-0.4, -0.2) is 21.9 Å². The van der Waals surface area contributed by atoms with Gasteiger partial charge in [-0.2, -0.15) is 0 Å². The maximum Gasteiger partial charge on any atom is 0.251 e. The summed E-state index contributed by atoms with van der Waals surface area (Å²) < 4.78 is 0. The van der Waals surface area contributed by atoms with E-state index in [-0.39, 0.29) is 12.0 Å². The van der Waals surface area contributed by atoms with Gasteiger partial charge in [0.15, 0.2) is 0 Å². The average molecular weight is 232 g/mol. The van der Waals surface area contributed by atoms with Crippen molar-refractivity contribution < 1.29 is 4.79 Å². The highest BCUT2D eigenvalue weighted by Crippen LogP contribution is 2.09. The number of hydrogen-bond donors (Lipinski definition) is 3. The molecule has 0 unspecified atom stereocenters. The van der Waals surface area contributed by atoms with Crippen LogP contribution in [0.1, 0.15) is 5.56 Å². The topological polar surface area (TPSA) is 115 Å². The number of aromatic nitrogens is 2. The maximum atomic E-state index is 11.7. The number of nitrogens with zero attached hydrogens (tertiary/aromatic N) is 1. The lowest BCUT2D eigenvalue weighted by molar-refractivity contribution is -0.119. The summed E-state index contributed by atoms with van der Waals surface area (Å²) in [5, 5.41) is 0.791. The predicted molar refractivity (Wildman–Crippen MR) is 63.2 cm³/mol. The van der Waals surface area contributed by atoms with Gasteiger partial charge in [0.05, 0.1) is 11.6 Å². The molecule has 2 rings (SSSR count). The number of fused-ring (bicyclic) bond motifs is 1. The van der Waals surface area contributed by atoms with Crippen molar-refractivity contribution in [3.63, 3.8) is 0 Å². The molecule has 0 saturated heterocycles. The van der Waals surface area contributed by atoms with E-state index in [1.54, 1.807) is 24.5 Å². The zero-order chi connectivity index (χ0) is 12.4. The molecule has 6 nitrogen and oxygen atoms in total. The van der Waals surface area contributed by atoms with Crippen LogP contribution in [0.5, 0.6) is 0 Å². The largest absolute Gasteiger partial charge is 0.368 e. The first-order chi connectivity index (χ1) is 8.08. The van der Waals surface area contributed by atoms with Crippen molar-refractivity contribution in [2.75, 3.05) is 0 Å². The Balaban J connectivity index is 2.44. The van der Waals surface area contributed by atoms with Crippen LogP contribution in [0.25, 0.3) is 10.9 Å². The molecule has 2 aromatic rings. The van der Waals surface area contributed by atoms with Gasteiger partial charge in [-0.15, -0.1) is 0 Å². The molecule has 0 aliphatic rings. The Morgan fingerprint density at radius 1 is 1.53 bits per heavy atom. The Morgan fingerprint density at radius 2 is 2.29 bits per heavy atom. The molecule has 1 atom stereocenters. The zero-order valence-corrected chi connectivity index (χ0v) is 9.01. The third-order valence-corrected chi connectivity index (χ3v) is 2.53. The Morgan fingerprint density at radius 3 is 3.00 bits per heavy atom. The van der Waals surface area contributed by atoms with E-state index in [0.29, 0.717) is 11.1 Å². The average Bonchev–Trinajstić information content (AvgIpc) is 2.29. The predicted octanol–water partition coefficient (Wildman–Crippen LogP) is -0.722. The first-order valence-electron chi connectivity index (χ1n) is 5.09. The molecule has 0 aliphatic heterocycles. The van der Waals surface area contributed by atoms with E-state index >= 15 is 0 Å². The van der Waals surface area contributed by atoms with Gasteiger partial charge in [0, 0.05) is 29.8 Å². The summed E-state index contributed by atoms with van der Waals surface area (Å²) in [5.74, 6) is -0.629. The lowest BCUT2D eigenvalue weighted by atomic mass is 10.1. The Labute approximate surface area is 96.7 Å². The van der Waals surface area contributed by atoms with Crippen LogP contribution in [-0.2, 0) is 11.2 Å². The van der Waals surface area contributed by atoms with Crippen molar-refractivity contribution in [1.29, 1.82) is 0 Å². The fraction of sp³-hybridized carbons (Fsp3) is 0.182. The number of pyridine rings is 2. The SMILES string of the molecule is NC(=O)[C@@H](N)Cc1cc2cnccc2[nH]c1=O. The second kappa shape index (κ2) is 4.34. The minimum Gasteiger partial charge on any atom is -0.368 e. The summed E-state index contributed by atoms with van der Waals surface area (Å²) in [6.45, 7) is 0. The smallest absolute Gasteiger partial charge is 0.251 e. The van der Waals surface area contributed by atoms with Gasteiger partial charge in [-0.1, -0.05) is 0 Å². The Hall–Kier alpha value is -2.21. The molecule has 0 saturated carbocycles. The minimum absolute atomic E-state index is 0.121. The normalized spacial score (nSPS) is 12.5. The summed E-state index contributed by atoms with van der Waals surface area (Å²) in [6, 6.07) is 2.52. The highest BCUT2D eigenvalue weighted by molar-refractivity contribution is 5.81. The van der Waals surface area contributed by atoms with Gasteiger partial charge < -0.3 is 16.5 Å². The summed E-state index contributed by atoms with van der Waals surface area (Å²) in [6.07, 6.45) is 3.34. The number of hydrogen-bond acceptors (Lipinski definition) is 4. The first-order valence-corrected chi connectivity index (χ1v) is 5.09. The third-order valence-electron chi connectivity index (χ3n) is 2.53. The van der Waals surface area contributed by atoms with Crippen LogP contribution in [0.15, 0.2) is 29.3 Å². The fourth-order valence-electron chi connectivity index (χ4n) is 1.58. The first kappa shape index (κ1) is 11.3. The van der Waals surface area contributed by atoms with E-state index in [0.717, 1.165) is 5.39 Å².